The zero-order chi connectivity index (χ0) is 13.7. The van der Waals surface area contributed by atoms with Crippen LogP contribution in [0.1, 0.15) is 19.4 Å². The molecule has 1 aromatic carbocycles. The molecule has 0 spiro atoms. The number of nitrogens with zero attached hydrogens (tertiary/aromatic N) is 2. The maximum Gasteiger partial charge on any atom is 0.273 e. The van der Waals surface area contributed by atoms with Crippen molar-refractivity contribution in [3.05, 3.63) is 51.1 Å². The van der Waals surface area contributed by atoms with Gasteiger partial charge < -0.3 is 0 Å². The number of hydrogen-bond acceptors (Lipinski definition) is 3. The van der Waals surface area contributed by atoms with Gasteiger partial charge in [-0.3, -0.25) is 15.0 Å². The first-order chi connectivity index (χ1) is 8.43. The SMILES string of the molecule is C=C(C)CN(CC)Cc1cc(Cl)ccc1[N+](=O)[O-]. The molecule has 0 saturated carbocycles. The highest BCUT2D eigenvalue weighted by atomic mass is 35.5. The average molecular weight is 269 g/mol. The number of benzene rings is 1. The van der Waals surface area contributed by atoms with Gasteiger partial charge in [-0.1, -0.05) is 30.7 Å². The molecule has 0 fully saturated rings. The highest BCUT2D eigenvalue weighted by Crippen LogP contribution is 2.24. The molecular weight excluding hydrogens is 252 g/mol. The summed E-state index contributed by atoms with van der Waals surface area (Å²) in [7, 11) is 0. The van der Waals surface area contributed by atoms with E-state index >= 15 is 0 Å². The van der Waals surface area contributed by atoms with Gasteiger partial charge in [0, 0.05) is 29.7 Å². The fourth-order valence-corrected chi connectivity index (χ4v) is 1.96. The molecule has 0 saturated heterocycles. The summed E-state index contributed by atoms with van der Waals surface area (Å²) in [4.78, 5) is 12.7. The van der Waals surface area contributed by atoms with Gasteiger partial charge in [0.1, 0.15) is 0 Å². The van der Waals surface area contributed by atoms with Gasteiger partial charge in [0.25, 0.3) is 5.69 Å². The van der Waals surface area contributed by atoms with Crippen molar-refractivity contribution < 1.29 is 4.92 Å². The average Bonchev–Trinajstić information content (AvgIpc) is 2.27. The van der Waals surface area contributed by atoms with E-state index < -0.39 is 0 Å². The van der Waals surface area contributed by atoms with Crippen molar-refractivity contribution in [1.82, 2.24) is 4.90 Å². The molecule has 0 heterocycles. The molecule has 0 bridgehead atoms. The van der Waals surface area contributed by atoms with Gasteiger partial charge in [-0.05, 0) is 25.6 Å². The quantitative estimate of drug-likeness (QED) is 0.449. The zero-order valence-electron chi connectivity index (χ0n) is 10.6. The van der Waals surface area contributed by atoms with Crippen molar-refractivity contribution in [2.24, 2.45) is 0 Å². The van der Waals surface area contributed by atoms with Crippen LogP contribution >= 0.6 is 11.6 Å². The first-order valence-corrected chi connectivity index (χ1v) is 6.11. The standard InChI is InChI=1S/C13H17ClN2O2/c1-4-15(8-10(2)3)9-11-7-12(14)5-6-13(11)16(17)18/h5-7H,2,4,8-9H2,1,3H3. The Kier molecular flexibility index (Phi) is 5.31. The molecule has 4 nitrogen and oxygen atoms in total. The number of hydrogen-bond donors (Lipinski definition) is 0. The normalized spacial score (nSPS) is 10.7. The molecule has 0 aliphatic rings. The Morgan fingerprint density at radius 3 is 2.72 bits per heavy atom. The third kappa shape index (κ3) is 4.13. The van der Waals surface area contributed by atoms with Crippen molar-refractivity contribution in [2.45, 2.75) is 20.4 Å². The molecule has 0 radical (unpaired) electrons. The summed E-state index contributed by atoms with van der Waals surface area (Å²) < 4.78 is 0. The van der Waals surface area contributed by atoms with Crippen molar-refractivity contribution in [3.8, 4) is 0 Å². The highest BCUT2D eigenvalue weighted by molar-refractivity contribution is 6.30. The van der Waals surface area contributed by atoms with Gasteiger partial charge in [-0.15, -0.1) is 0 Å². The zero-order valence-corrected chi connectivity index (χ0v) is 11.4. The molecule has 0 N–H and O–H groups in total. The summed E-state index contributed by atoms with van der Waals surface area (Å²) in [5.41, 5.74) is 1.77. The maximum atomic E-state index is 11.0. The van der Waals surface area contributed by atoms with Crippen LogP contribution in [0.2, 0.25) is 5.02 Å². The monoisotopic (exact) mass is 268 g/mol. The molecule has 0 aromatic heterocycles. The lowest BCUT2D eigenvalue weighted by Gasteiger charge is -2.20. The summed E-state index contributed by atoms with van der Waals surface area (Å²) in [5, 5.41) is 11.5. The predicted molar refractivity (Wildman–Crippen MR) is 73.9 cm³/mol. The van der Waals surface area contributed by atoms with Gasteiger partial charge in [0.05, 0.1) is 4.92 Å². The highest BCUT2D eigenvalue weighted by Gasteiger charge is 2.16. The first-order valence-electron chi connectivity index (χ1n) is 5.73. The number of nitro groups is 1. The molecule has 0 atom stereocenters. The van der Waals surface area contributed by atoms with E-state index in [9.17, 15) is 10.1 Å². The minimum Gasteiger partial charge on any atom is -0.295 e. The maximum absolute atomic E-state index is 11.0. The lowest BCUT2D eigenvalue weighted by atomic mass is 10.1. The second-order valence-corrected chi connectivity index (χ2v) is 4.73. The van der Waals surface area contributed by atoms with Gasteiger partial charge in [-0.2, -0.15) is 0 Å². The van der Waals surface area contributed by atoms with E-state index in [-0.39, 0.29) is 10.6 Å². The van der Waals surface area contributed by atoms with E-state index in [0.717, 1.165) is 18.7 Å². The van der Waals surface area contributed by atoms with Crippen LogP contribution in [-0.2, 0) is 6.54 Å². The fourth-order valence-electron chi connectivity index (χ4n) is 1.76. The van der Waals surface area contributed by atoms with E-state index in [0.29, 0.717) is 17.1 Å². The topological polar surface area (TPSA) is 46.4 Å². The molecular formula is C13H17ClN2O2. The third-order valence-corrected chi connectivity index (χ3v) is 2.81. The third-order valence-electron chi connectivity index (χ3n) is 2.57. The second kappa shape index (κ2) is 6.52. The van der Waals surface area contributed by atoms with Crippen molar-refractivity contribution >= 4 is 17.3 Å². The first kappa shape index (κ1) is 14.7. The summed E-state index contributed by atoms with van der Waals surface area (Å²) in [6.45, 7) is 9.84. The summed E-state index contributed by atoms with van der Waals surface area (Å²) in [6.07, 6.45) is 0. The number of likely N-dealkylation sites (N-methyl/N-ethyl adjacent to an activating group) is 1. The summed E-state index contributed by atoms with van der Waals surface area (Å²) in [6, 6.07) is 4.64. The Bertz CT molecular complexity index is 460. The molecule has 18 heavy (non-hydrogen) atoms. The Morgan fingerprint density at radius 1 is 1.56 bits per heavy atom. The number of rotatable bonds is 6. The largest absolute Gasteiger partial charge is 0.295 e. The van der Waals surface area contributed by atoms with E-state index in [1.54, 1.807) is 6.07 Å². The lowest BCUT2D eigenvalue weighted by molar-refractivity contribution is -0.385. The van der Waals surface area contributed by atoms with Crippen LogP contribution in [0.4, 0.5) is 5.69 Å². The smallest absolute Gasteiger partial charge is 0.273 e. The molecule has 1 aromatic rings. The minimum atomic E-state index is -0.375. The fraction of sp³-hybridized carbons (Fsp3) is 0.385. The Hall–Kier alpha value is -1.39. The Balaban J connectivity index is 2.96. The van der Waals surface area contributed by atoms with Gasteiger partial charge >= 0.3 is 0 Å². The van der Waals surface area contributed by atoms with Crippen LogP contribution < -0.4 is 0 Å². The van der Waals surface area contributed by atoms with E-state index in [2.05, 4.69) is 11.5 Å². The Labute approximate surface area is 112 Å². The number of nitro benzene ring substituents is 1. The molecule has 0 unspecified atom stereocenters. The second-order valence-electron chi connectivity index (χ2n) is 4.29. The molecule has 0 aliphatic heterocycles. The van der Waals surface area contributed by atoms with Crippen LogP contribution in [0.5, 0.6) is 0 Å². The van der Waals surface area contributed by atoms with Crippen molar-refractivity contribution in [1.29, 1.82) is 0 Å². The molecule has 0 amide bonds. The van der Waals surface area contributed by atoms with Crippen molar-refractivity contribution in [3.63, 3.8) is 0 Å². The molecule has 98 valence electrons. The predicted octanol–water partition coefficient (Wildman–Crippen LogP) is 3.65. The van der Waals surface area contributed by atoms with Gasteiger partial charge in [0.2, 0.25) is 0 Å². The molecule has 0 aliphatic carbocycles. The summed E-state index contributed by atoms with van der Waals surface area (Å²) in [5.74, 6) is 0. The van der Waals surface area contributed by atoms with Crippen LogP contribution in [0.3, 0.4) is 0 Å². The van der Waals surface area contributed by atoms with Gasteiger partial charge in [-0.25, -0.2) is 0 Å². The minimum absolute atomic E-state index is 0.111. The Morgan fingerprint density at radius 2 is 2.22 bits per heavy atom. The van der Waals surface area contributed by atoms with Crippen molar-refractivity contribution in [2.75, 3.05) is 13.1 Å². The lowest BCUT2D eigenvalue weighted by Crippen LogP contribution is -2.24. The molecule has 1 rings (SSSR count). The van der Waals surface area contributed by atoms with E-state index in [4.69, 9.17) is 11.6 Å². The van der Waals surface area contributed by atoms with Gasteiger partial charge in [0.15, 0.2) is 0 Å². The van der Waals surface area contributed by atoms with E-state index in [1.165, 1.54) is 12.1 Å². The van der Waals surface area contributed by atoms with Crippen LogP contribution in [0.15, 0.2) is 30.4 Å². The number of halogens is 1. The van der Waals surface area contributed by atoms with Crippen LogP contribution in [-0.4, -0.2) is 22.9 Å². The van der Waals surface area contributed by atoms with E-state index in [1.807, 2.05) is 13.8 Å². The van der Waals surface area contributed by atoms with Crippen LogP contribution in [0, 0.1) is 10.1 Å². The summed E-state index contributed by atoms with van der Waals surface area (Å²) >= 11 is 5.90. The van der Waals surface area contributed by atoms with Crippen LogP contribution in [0.25, 0.3) is 0 Å². The molecule has 5 heteroatoms.